The summed E-state index contributed by atoms with van der Waals surface area (Å²) in [6.07, 6.45) is 3.57. The van der Waals surface area contributed by atoms with Crippen LogP contribution in [0, 0.1) is 24.0 Å². The maximum Gasteiger partial charge on any atom is 0.0248 e. The molecule has 2 heterocycles. The smallest absolute Gasteiger partial charge is 0.0248 e. The van der Waals surface area contributed by atoms with Crippen molar-refractivity contribution in [3.63, 3.8) is 0 Å². The van der Waals surface area contributed by atoms with Crippen molar-refractivity contribution in [2.45, 2.75) is 0 Å². The van der Waals surface area contributed by atoms with E-state index in [1.165, 1.54) is 0 Å². The minimum absolute atomic E-state index is 0. The molecule has 0 saturated heterocycles. The normalized spacial score (nSPS) is 9.33. The van der Waals surface area contributed by atoms with Crippen LogP contribution in [0.2, 0.25) is 0 Å². The Hall–Kier alpha value is -3.83. The number of hydrogen-bond donors (Lipinski definition) is 0. The van der Waals surface area contributed by atoms with Crippen LogP contribution < -0.4 is 0 Å². The summed E-state index contributed by atoms with van der Waals surface area (Å²) in [5.41, 5.74) is 5.87. The van der Waals surface area contributed by atoms with E-state index in [0.29, 0.717) is 0 Å². The van der Waals surface area contributed by atoms with E-state index >= 15 is 0 Å². The number of benzene rings is 3. The molecule has 3 aromatic carbocycles. The molecule has 0 bridgehead atoms. The molecule has 3 heteroatoms. The van der Waals surface area contributed by atoms with E-state index in [9.17, 15) is 0 Å². The molecule has 0 atom stereocenters. The minimum atomic E-state index is 0. The van der Waals surface area contributed by atoms with Crippen LogP contribution in [0.3, 0.4) is 0 Å². The van der Waals surface area contributed by atoms with Gasteiger partial charge in [0.2, 0.25) is 0 Å². The van der Waals surface area contributed by atoms with Crippen molar-refractivity contribution < 1.29 is 20.1 Å². The van der Waals surface area contributed by atoms with Crippen LogP contribution in [0.1, 0.15) is 11.1 Å². The number of pyridine rings is 2. The Kier molecular flexibility index (Phi) is 9.30. The molecule has 0 saturated carbocycles. The molecule has 0 N–H and O–H groups in total. The van der Waals surface area contributed by atoms with Crippen LogP contribution in [0.25, 0.3) is 22.5 Å². The van der Waals surface area contributed by atoms with Gasteiger partial charge in [-0.2, -0.15) is 0 Å². The van der Waals surface area contributed by atoms with E-state index in [4.69, 9.17) is 0 Å². The molecule has 0 spiro atoms. The van der Waals surface area contributed by atoms with Gasteiger partial charge in [-0.05, 0) is 35.7 Å². The Morgan fingerprint density at radius 2 is 1.12 bits per heavy atom. The molecule has 161 valence electrons. The molecule has 2 nitrogen and oxygen atoms in total. The number of nitrogens with zero attached hydrogens (tertiary/aromatic N) is 2. The molecule has 0 aliphatic heterocycles. The molecule has 33 heavy (non-hydrogen) atoms. The van der Waals surface area contributed by atoms with E-state index in [2.05, 4.69) is 33.9 Å². The Morgan fingerprint density at radius 3 is 1.76 bits per heavy atom. The van der Waals surface area contributed by atoms with Gasteiger partial charge in [0.15, 0.2) is 0 Å². The molecule has 0 aliphatic carbocycles. The summed E-state index contributed by atoms with van der Waals surface area (Å²) in [6, 6.07) is 41.7. The summed E-state index contributed by atoms with van der Waals surface area (Å²) in [5, 5.41) is 0. The Balaban J connectivity index is 0.000000202. The summed E-state index contributed by atoms with van der Waals surface area (Å²) in [5.74, 6) is 6.33. The van der Waals surface area contributed by atoms with Gasteiger partial charge in [-0.3, -0.25) is 0 Å². The molecule has 5 aromatic rings. The first-order valence-electron chi connectivity index (χ1n) is 10.3. The first kappa shape index (κ1) is 23.8. The zero-order chi connectivity index (χ0) is 21.8. The molecule has 5 rings (SSSR count). The Labute approximate surface area is 208 Å². The van der Waals surface area contributed by atoms with Crippen LogP contribution >= 0.6 is 0 Å². The first-order valence-corrected chi connectivity index (χ1v) is 10.3. The maximum atomic E-state index is 4.33. The minimum Gasteiger partial charge on any atom is -0.305 e. The molecular weight excluding hydrogens is 581 g/mol. The zero-order valence-corrected chi connectivity index (χ0v) is 20.2. The Bertz CT molecular complexity index is 1260. The second kappa shape index (κ2) is 12.9. The molecule has 0 aliphatic rings. The van der Waals surface area contributed by atoms with Gasteiger partial charge in [0.1, 0.15) is 0 Å². The number of aromatic nitrogens is 2. The van der Waals surface area contributed by atoms with Gasteiger partial charge in [-0.25, -0.2) is 0 Å². The van der Waals surface area contributed by atoms with Crippen LogP contribution in [0.15, 0.2) is 122 Å². The molecule has 0 fully saturated rings. The van der Waals surface area contributed by atoms with Crippen LogP contribution in [-0.4, -0.2) is 9.97 Å². The fourth-order valence-corrected chi connectivity index (χ4v) is 2.95. The summed E-state index contributed by atoms with van der Waals surface area (Å²) in [7, 11) is 0. The summed E-state index contributed by atoms with van der Waals surface area (Å²) >= 11 is 0. The monoisotopic (exact) mass is 601 g/mol. The average molecular weight is 601 g/mol. The zero-order valence-electron chi connectivity index (χ0n) is 17.8. The fourth-order valence-electron chi connectivity index (χ4n) is 2.95. The Morgan fingerprint density at radius 1 is 0.515 bits per heavy atom. The summed E-state index contributed by atoms with van der Waals surface area (Å²) < 4.78 is 0. The van der Waals surface area contributed by atoms with Crippen LogP contribution in [0.4, 0.5) is 0 Å². The predicted octanol–water partition coefficient (Wildman–Crippen LogP) is 6.49. The molecular formula is C30H20IrN2-2. The fraction of sp³-hybridized carbons (Fsp3) is 0. The van der Waals surface area contributed by atoms with E-state index in [-0.39, 0.29) is 20.1 Å². The number of hydrogen-bond acceptors (Lipinski definition) is 2. The van der Waals surface area contributed by atoms with Crippen LogP contribution in [-0.2, 0) is 20.1 Å². The van der Waals surface area contributed by atoms with Gasteiger partial charge < -0.3 is 9.97 Å². The van der Waals surface area contributed by atoms with Gasteiger partial charge in [0.05, 0.1) is 0 Å². The number of rotatable bonds is 2. The van der Waals surface area contributed by atoms with Gasteiger partial charge in [-0.1, -0.05) is 59.9 Å². The molecule has 0 amide bonds. The third kappa shape index (κ3) is 7.37. The van der Waals surface area contributed by atoms with Gasteiger partial charge in [-0.15, -0.1) is 65.7 Å². The standard InChI is InChI=1S/C19H12N.C11H8N.Ir/c1-2-7-16(8-3-1)12-13-17-9-6-10-18(15-17)19-11-4-5-14-20-19;1-2-6-10(7-3-1)11-8-4-5-9-12-11;/h1-9,11,14-15H;1-6,8-9H;/q2*-1;. The van der Waals surface area contributed by atoms with Crippen molar-refractivity contribution in [2.75, 3.05) is 0 Å². The van der Waals surface area contributed by atoms with Gasteiger partial charge >= 0.3 is 0 Å². The van der Waals surface area contributed by atoms with Crippen molar-refractivity contribution in [3.8, 4) is 34.4 Å². The largest absolute Gasteiger partial charge is 0.305 e. The van der Waals surface area contributed by atoms with Crippen molar-refractivity contribution in [1.29, 1.82) is 0 Å². The second-order valence-electron chi connectivity index (χ2n) is 6.81. The second-order valence-corrected chi connectivity index (χ2v) is 6.81. The quantitative estimate of drug-likeness (QED) is 0.171. The van der Waals surface area contributed by atoms with Crippen molar-refractivity contribution >= 4 is 0 Å². The third-order valence-electron chi connectivity index (χ3n) is 4.52. The van der Waals surface area contributed by atoms with Crippen molar-refractivity contribution in [2.24, 2.45) is 0 Å². The summed E-state index contributed by atoms with van der Waals surface area (Å²) in [6.45, 7) is 0. The van der Waals surface area contributed by atoms with Crippen molar-refractivity contribution in [1.82, 2.24) is 9.97 Å². The van der Waals surface area contributed by atoms with E-state index in [1.807, 2.05) is 109 Å². The van der Waals surface area contributed by atoms with Gasteiger partial charge in [0.25, 0.3) is 0 Å². The van der Waals surface area contributed by atoms with Crippen LogP contribution in [0.5, 0.6) is 0 Å². The predicted molar refractivity (Wildman–Crippen MR) is 129 cm³/mol. The van der Waals surface area contributed by atoms with Gasteiger partial charge in [0, 0.05) is 38.1 Å². The van der Waals surface area contributed by atoms with E-state index in [1.54, 1.807) is 12.4 Å². The first-order chi connectivity index (χ1) is 15.9. The molecule has 0 unspecified atom stereocenters. The average Bonchev–Trinajstić information content (AvgIpc) is 2.90. The van der Waals surface area contributed by atoms with E-state index < -0.39 is 0 Å². The third-order valence-corrected chi connectivity index (χ3v) is 4.52. The topological polar surface area (TPSA) is 25.8 Å². The van der Waals surface area contributed by atoms with Crippen molar-refractivity contribution in [3.05, 3.63) is 145 Å². The SMILES string of the molecule is C(#Cc1cc[c-]c(-c2ccccn2)c1)c1ccccc1.[Ir].[c-]1ccccc1-c1ccccn1. The van der Waals surface area contributed by atoms with E-state index in [0.717, 1.165) is 33.6 Å². The molecule has 2 aromatic heterocycles. The summed E-state index contributed by atoms with van der Waals surface area (Å²) in [4.78, 5) is 8.55. The molecule has 1 radical (unpaired) electrons. The maximum absolute atomic E-state index is 4.33.